The summed E-state index contributed by atoms with van der Waals surface area (Å²) in [4.78, 5) is 116. The third-order valence-electron chi connectivity index (χ3n) is 23.2. The number of fused-ring (bicyclic) bond motifs is 5. The van der Waals surface area contributed by atoms with Gasteiger partial charge in [-0.2, -0.15) is 10.1 Å². The van der Waals surface area contributed by atoms with Gasteiger partial charge in [0.2, 0.25) is 17.6 Å². The number of aryl methyl sites for hydroxylation is 1. The Morgan fingerprint density at radius 1 is 0.772 bits per heavy atom. The number of nitrogens with two attached hydrogens (primary N) is 3. The molecule has 4 amide bonds. The predicted octanol–water partition coefficient (Wildman–Crippen LogP) is 7.21. The van der Waals surface area contributed by atoms with E-state index >= 15 is 4.79 Å². The van der Waals surface area contributed by atoms with Crippen molar-refractivity contribution in [3.63, 3.8) is 0 Å². The number of methoxy groups -OCH3 is 2. The summed E-state index contributed by atoms with van der Waals surface area (Å²) in [6.07, 6.45) is 13.8. The molecule has 3 fully saturated rings. The number of unbranched alkanes of at least 4 members (excludes halogenated alkanes) is 1. The number of carbonyl (C=O) groups is 7. The molecule has 0 radical (unpaired) electrons. The van der Waals surface area contributed by atoms with Crippen molar-refractivity contribution >= 4 is 81.0 Å². The summed E-state index contributed by atoms with van der Waals surface area (Å²) < 4.78 is 67.0. The van der Waals surface area contributed by atoms with Crippen molar-refractivity contribution in [2.75, 3.05) is 118 Å². The first-order valence-corrected chi connectivity index (χ1v) is 44.3. The van der Waals surface area contributed by atoms with E-state index in [1.807, 2.05) is 77.1 Å². The van der Waals surface area contributed by atoms with Gasteiger partial charge in [0.1, 0.15) is 65.6 Å². The molecule has 2 saturated heterocycles. The van der Waals surface area contributed by atoms with Gasteiger partial charge in [-0.3, -0.25) is 24.0 Å². The van der Waals surface area contributed by atoms with E-state index in [0.717, 1.165) is 11.1 Å². The van der Waals surface area contributed by atoms with Gasteiger partial charge in [0.25, 0.3) is 17.7 Å². The number of allylic oxidation sites excluding steroid dienone is 6. The molecule has 12 N–H and O–H groups in total. The number of nitrogens with zero attached hydrogens (tertiary/aromatic N) is 10. The van der Waals surface area contributed by atoms with E-state index in [-0.39, 0.29) is 146 Å². The number of Topliss-reactive ketones (excluding diaryl/α,β-unsaturated/α-hetero) is 2. The van der Waals surface area contributed by atoms with Gasteiger partial charge in [-0.05, 0) is 153 Å². The number of oxime groups is 1. The molecule has 3 aliphatic heterocycles. The van der Waals surface area contributed by atoms with Gasteiger partial charge in [-0.15, -0.1) is 5.10 Å². The fraction of sp³-hybridized carbons (Fsp3) is 0.663. The van der Waals surface area contributed by atoms with Crippen molar-refractivity contribution in [2.45, 2.75) is 244 Å². The number of aromatic nitrogens is 8. The van der Waals surface area contributed by atoms with Crippen LogP contribution in [0.3, 0.4) is 0 Å². The Kier molecular flexibility index (Phi) is 40.2. The highest BCUT2D eigenvalue weighted by molar-refractivity contribution is 6.39. The van der Waals surface area contributed by atoms with Crippen LogP contribution in [0.5, 0.6) is 0 Å². The van der Waals surface area contributed by atoms with Gasteiger partial charge >= 0.3 is 12.1 Å². The monoisotopic (exact) mass is 1780 g/mol. The molecule has 4 aliphatic rings. The molecule has 1 aliphatic carbocycles. The number of hydrogen-bond donors (Lipinski definition) is 9. The average Bonchev–Trinajstić information content (AvgIpc) is 1.72. The largest absolute Gasteiger partial charge is 0.459 e. The van der Waals surface area contributed by atoms with Crippen LogP contribution in [-0.2, 0) is 94.1 Å². The maximum Gasteiger partial charge on any atom is 0.407 e. The van der Waals surface area contributed by atoms with E-state index in [1.165, 1.54) is 11.2 Å². The molecule has 127 heavy (non-hydrogen) atoms. The normalized spacial score (nSPS) is 26.8. The van der Waals surface area contributed by atoms with E-state index in [9.17, 15) is 44.1 Å². The van der Waals surface area contributed by atoms with Gasteiger partial charge in [-0.1, -0.05) is 74.5 Å². The number of aliphatic hydroxyl groups excluding tert-OH is 2. The quantitative estimate of drug-likeness (QED) is 0.00628. The maximum atomic E-state index is 15.1. The second-order valence-corrected chi connectivity index (χ2v) is 34.3. The number of carbonyl (C=O) groups excluding carboxylic acids is 7. The van der Waals surface area contributed by atoms with E-state index in [2.05, 4.69) is 46.4 Å². The Hall–Kier alpha value is -9.58. The molecule has 2 bridgehead atoms. The topological polar surface area (TPSA) is 512 Å². The molecule has 1 saturated carbocycles. The van der Waals surface area contributed by atoms with Crippen LogP contribution >= 0.6 is 0 Å². The zero-order valence-corrected chi connectivity index (χ0v) is 75.4. The second-order valence-electron chi connectivity index (χ2n) is 34.3. The van der Waals surface area contributed by atoms with Crippen molar-refractivity contribution in [3.8, 4) is 11.3 Å². The number of ether oxygens (including phenoxy) is 10. The average molecular weight is 1780 g/mol. The number of nitrogen functional groups attached to an aromatic ring is 2. The molecule has 7 heterocycles. The number of benzene rings is 1. The number of esters is 1. The fourth-order valence-electron chi connectivity index (χ4n) is 16.0. The first-order valence-electron chi connectivity index (χ1n) is 44.3. The molecule has 702 valence electrons. The van der Waals surface area contributed by atoms with Crippen LogP contribution in [0.4, 0.5) is 16.6 Å². The zero-order chi connectivity index (χ0) is 91.7. The van der Waals surface area contributed by atoms with Gasteiger partial charge in [-0.25, -0.2) is 28.9 Å². The number of cyclic esters (lactones) is 1. The van der Waals surface area contributed by atoms with E-state index < -0.39 is 107 Å². The number of amides is 4. The maximum absolute atomic E-state index is 15.1. The van der Waals surface area contributed by atoms with Gasteiger partial charge < -0.3 is 110 Å². The number of nitrogens with one attached hydrogen (secondary N) is 3. The highest BCUT2D eigenvalue weighted by Gasteiger charge is 2.53. The van der Waals surface area contributed by atoms with Crippen molar-refractivity contribution in [1.82, 2.24) is 60.6 Å². The second kappa shape index (κ2) is 50.4. The van der Waals surface area contributed by atoms with Crippen LogP contribution in [0.25, 0.3) is 33.4 Å². The SMILES string of the molecule is CO[C@H]1C[C@@H]2CC[C@@H](C)[C@@](O)(O2)C(=O)C(=O)N2CCCC[C@H]2C(=O)O[C@H]([C@H](N)C[C@@H]2CC[C@H](n3cc(COC(=O)NCCOCCOCCOCCC(=O)NCCOCCOCCC(=O)NCCCCn4nc(-c5ccc6oc(N)nc6c5)c5c(N)ncnc54)nn3)[C@H](OC)C2)C/C(=N/OC(C)(C)C)[C@H](C)/C=C(\C)[C@@H](O)[C@@H](O)C(=O)[C@H](C)C[C@H](C)/C=C/C=C/C=C/1C. The fourth-order valence-corrected chi connectivity index (χ4v) is 16.0. The Bertz CT molecular complexity index is 4540. The summed E-state index contributed by atoms with van der Waals surface area (Å²) in [5, 5.41) is 62.4. The minimum Gasteiger partial charge on any atom is -0.459 e. The Morgan fingerprint density at radius 2 is 1.46 bits per heavy atom. The molecule has 1 aromatic carbocycles. The summed E-state index contributed by atoms with van der Waals surface area (Å²) in [6, 6.07) is 3.11. The number of piperidine rings is 1. The lowest BCUT2D eigenvalue weighted by Crippen LogP contribution is -2.61. The molecule has 4 aromatic heterocycles. The number of oxazole rings is 1. The first kappa shape index (κ1) is 101. The van der Waals surface area contributed by atoms with E-state index in [1.54, 1.807) is 69.6 Å². The van der Waals surface area contributed by atoms with Crippen LogP contribution in [0.1, 0.15) is 177 Å². The molecule has 38 heteroatoms. The molecule has 38 nitrogen and oxygen atoms in total. The van der Waals surface area contributed by atoms with Crippen molar-refractivity contribution in [3.05, 3.63) is 84.0 Å². The first-order chi connectivity index (χ1) is 60.8. The molecule has 0 spiro atoms. The Labute approximate surface area is 741 Å². The molecule has 5 aromatic rings. The van der Waals surface area contributed by atoms with Crippen molar-refractivity contribution < 1.29 is 106 Å². The number of ketones is 2. The van der Waals surface area contributed by atoms with E-state index in [4.69, 9.17) is 78.9 Å². The molecular weight excluding hydrogens is 1650 g/mol. The number of hydrogen-bond acceptors (Lipinski definition) is 32. The summed E-state index contributed by atoms with van der Waals surface area (Å²) >= 11 is 0. The third kappa shape index (κ3) is 30.8. The summed E-state index contributed by atoms with van der Waals surface area (Å²) in [5.74, 6) is -8.36. The number of rotatable bonds is 36. The predicted molar refractivity (Wildman–Crippen MR) is 469 cm³/mol. The van der Waals surface area contributed by atoms with Crippen LogP contribution in [0, 0.1) is 29.6 Å². The Morgan fingerprint density at radius 3 is 2.17 bits per heavy atom. The van der Waals surface area contributed by atoms with Crippen molar-refractivity contribution in [1.29, 1.82) is 0 Å². The molecular formula is C89H134N16O22. The highest BCUT2D eigenvalue weighted by atomic mass is 16.7. The minimum atomic E-state index is -2.51. The number of aliphatic hydroxyl groups is 3. The van der Waals surface area contributed by atoms with Crippen LogP contribution in [0.15, 0.2) is 87.9 Å². The lowest BCUT2D eigenvalue weighted by atomic mass is 9.79. The summed E-state index contributed by atoms with van der Waals surface area (Å²) in [5.41, 5.74) is 23.5. The van der Waals surface area contributed by atoms with Gasteiger partial charge in [0.05, 0.1) is 108 Å². The lowest BCUT2D eigenvalue weighted by Gasteiger charge is -2.42. The van der Waals surface area contributed by atoms with E-state index in [0.29, 0.717) is 149 Å². The lowest BCUT2D eigenvalue weighted by molar-refractivity contribution is -0.265. The van der Waals surface area contributed by atoms with Gasteiger partial charge in [0.15, 0.2) is 17.0 Å². The van der Waals surface area contributed by atoms with Crippen molar-refractivity contribution in [2.24, 2.45) is 40.5 Å². The van der Waals surface area contributed by atoms with Crippen LogP contribution in [-0.4, -0.2) is 274 Å². The number of alkyl carbamates (subject to hydrolysis) is 1. The zero-order valence-electron chi connectivity index (χ0n) is 75.4. The molecule has 0 unspecified atom stereocenters. The third-order valence-corrected chi connectivity index (χ3v) is 23.2. The van der Waals surface area contributed by atoms with Gasteiger partial charge in [0, 0.05) is 102 Å². The number of anilines is 2. The standard InChI is InChI=1S/C89H134N16O22/c1-55-19-13-12-14-20-56(2)71(116-10)50-64-25-22-60(6)89(115,126-64)81(111)84(112)103-33-17-15-21-69(103)85(113)124-72(51-66(101-127-88(7,8)9)57(3)46-59(5)79(109)80(110)78(108)58(4)45-55)65(90)47-61-23-26-68(73(48-61)117-11)105-52-63(99-102-105)53-123-87(114)95-32-38-121-42-44-122-43-40-119-36-29-75(107)94-31-37-120-41-39-118-35-28-74(106)93-30-16-18-34-104-83-76(82(91)96-54-97-83)77(100-104)62-24-27-70-67(49-62)98-86(92)125-70/h12-14,19-20,24,27,46,49,52,54-55,57-58,60-61,64-65,68-69,71-73,79-80,109-110,115H,15-18,21-23,25-26,28-45,47-48,50-51,53,90H2,1-11H3,(H2,92,98)(H,93,106)(H,94,107)(H,95,114)(H2,91,96,97)/b14-12+,19-13+,56-20+,59-46+,101-66-/t55-,57-,58-,60-,61+,64+,65-,68+,69+,71+,72+,73-,79-,80+,89-/m1/s1. The van der Waals surface area contributed by atoms with Crippen LogP contribution < -0.4 is 33.2 Å². The highest BCUT2D eigenvalue weighted by Crippen LogP contribution is 2.40. The molecule has 15 atom stereocenters. The summed E-state index contributed by atoms with van der Waals surface area (Å²) in [7, 11) is 3.16. The minimum absolute atomic E-state index is 0.0183. The smallest absolute Gasteiger partial charge is 0.407 e. The van der Waals surface area contributed by atoms with Crippen LogP contribution in [0.2, 0.25) is 0 Å². The Balaban J connectivity index is 0.657. The summed E-state index contributed by atoms with van der Waals surface area (Å²) in [6.45, 7) is 20.0. The molecule has 9 rings (SSSR count).